The average molecular weight is 971 g/mol. The third kappa shape index (κ3) is 6.93. The number of ether oxygens (including phenoxy) is 15. The summed E-state index contributed by atoms with van der Waals surface area (Å²) in [4.78, 5) is 28.1. The summed E-state index contributed by atoms with van der Waals surface area (Å²) in [6.45, 7) is 1.75. The van der Waals surface area contributed by atoms with Gasteiger partial charge in [0.2, 0.25) is 25.1 Å². The lowest BCUT2D eigenvalue weighted by Gasteiger charge is -2.47. The minimum absolute atomic E-state index is 0.00757. The van der Waals surface area contributed by atoms with Gasteiger partial charge in [0.05, 0.1) is 66.2 Å². The summed E-state index contributed by atoms with van der Waals surface area (Å²) in [7, 11) is 5.85. The van der Waals surface area contributed by atoms with Gasteiger partial charge in [-0.25, -0.2) is 0 Å². The molecule has 2 aliphatic carbocycles. The summed E-state index contributed by atoms with van der Waals surface area (Å²) in [5.41, 5.74) is 3.87. The molecule has 8 aliphatic rings. The van der Waals surface area contributed by atoms with Gasteiger partial charge in [-0.1, -0.05) is 0 Å². The molecule has 0 bridgehead atoms. The molecule has 3 N–H and O–H groups in total. The molecular formula is C50H50O20. The molecule has 4 aromatic rings. The second-order valence-corrected chi connectivity index (χ2v) is 18.4. The summed E-state index contributed by atoms with van der Waals surface area (Å²) in [5.74, 6) is -2.32. The van der Waals surface area contributed by atoms with E-state index >= 15 is 0 Å². The zero-order chi connectivity index (χ0) is 48.3. The molecule has 20 heteroatoms. The molecule has 0 amide bonds. The van der Waals surface area contributed by atoms with Crippen LogP contribution in [0.3, 0.4) is 0 Å². The number of aliphatic hydroxyl groups excluding tert-OH is 2. The molecule has 4 saturated heterocycles. The number of fused-ring (bicyclic) bond motifs is 7. The second-order valence-electron chi connectivity index (χ2n) is 18.4. The molecule has 6 heterocycles. The van der Waals surface area contributed by atoms with Gasteiger partial charge < -0.3 is 86.4 Å². The van der Waals surface area contributed by atoms with E-state index in [0.717, 1.165) is 0 Å². The molecule has 4 aromatic carbocycles. The molecule has 4 fully saturated rings. The van der Waals surface area contributed by atoms with Gasteiger partial charge in [-0.2, -0.15) is 0 Å². The van der Waals surface area contributed by atoms with Gasteiger partial charge in [0.15, 0.2) is 58.6 Å². The van der Waals surface area contributed by atoms with E-state index in [1.54, 1.807) is 37.3 Å². The van der Waals surface area contributed by atoms with E-state index in [4.69, 9.17) is 71.1 Å². The van der Waals surface area contributed by atoms with E-state index in [0.29, 0.717) is 56.4 Å². The van der Waals surface area contributed by atoms with Crippen molar-refractivity contribution in [2.45, 2.75) is 68.0 Å². The molecule has 0 saturated carbocycles. The topological polar surface area (TPSA) is 233 Å². The third-order valence-electron chi connectivity index (χ3n) is 15.0. The highest BCUT2D eigenvalue weighted by Gasteiger charge is 2.57. The van der Waals surface area contributed by atoms with Gasteiger partial charge >= 0.3 is 11.9 Å². The van der Waals surface area contributed by atoms with Crippen molar-refractivity contribution in [3.05, 3.63) is 81.9 Å². The maximum atomic E-state index is 14.1. The second kappa shape index (κ2) is 17.2. The van der Waals surface area contributed by atoms with Gasteiger partial charge in [-0.3, -0.25) is 9.59 Å². The number of aromatic hydroxyl groups is 1. The van der Waals surface area contributed by atoms with Crippen molar-refractivity contribution < 1.29 is 96.0 Å². The number of phenols is 1. The Hall–Kier alpha value is -6.42. The Morgan fingerprint density at radius 3 is 1.54 bits per heavy atom. The zero-order valence-corrected chi connectivity index (χ0v) is 38.5. The van der Waals surface area contributed by atoms with Crippen LogP contribution in [0.15, 0.2) is 48.5 Å². The molecule has 370 valence electrons. The maximum Gasteiger partial charge on any atom is 0.310 e. The van der Waals surface area contributed by atoms with E-state index in [-0.39, 0.29) is 67.9 Å². The number of methoxy groups -OCH3 is 4. The van der Waals surface area contributed by atoms with Crippen molar-refractivity contribution in [2.75, 3.05) is 61.8 Å². The minimum Gasteiger partial charge on any atom is -0.502 e. The largest absolute Gasteiger partial charge is 0.502 e. The molecule has 0 aromatic heterocycles. The number of benzene rings is 4. The van der Waals surface area contributed by atoms with Gasteiger partial charge in [-0.15, -0.1) is 0 Å². The van der Waals surface area contributed by atoms with E-state index < -0.39 is 96.6 Å². The summed E-state index contributed by atoms with van der Waals surface area (Å²) >= 11 is 0. The SMILES string of the molecule is COc1cc([C@@H]2c3cc4c(cc3[C@H](Oc3c(OC)cc([C@@H]5c6cc7c(cc6[C@@H](OC6OC8COC(C)OC8C(O)C6O)[C@H]6COC(=O)[C@H]56)OCO7)cc3OC)[C@H]3COC(=O)[C@H]23)OCO4)cc(OC)c1O. The van der Waals surface area contributed by atoms with E-state index in [9.17, 15) is 24.9 Å². The highest BCUT2D eigenvalue weighted by molar-refractivity contribution is 5.80. The lowest BCUT2D eigenvalue weighted by Crippen LogP contribution is -2.63. The normalized spacial score (nSPS) is 32.9. The first-order chi connectivity index (χ1) is 34.0. The van der Waals surface area contributed by atoms with E-state index in [2.05, 4.69) is 0 Å². The van der Waals surface area contributed by atoms with Crippen molar-refractivity contribution in [1.29, 1.82) is 0 Å². The number of phenolic OH excluding ortho intramolecular Hbond substituents is 1. The summed E-state index contributed by atoms with van der Waals surface area (Å²) in [5, 5.41) is 33.5. The number of cyclic esters (lactones) is 2. The van der Waals surface area contributed by atoms with Crippen LogP contribution in [0.2, 0.25) is 0 Å². The fourth-order valence-corrected chi connectivity index (χ4v) is 11.7. The number of carbonyl (C=O) groups excluding carboxylic acids is 2. The maximum absolute atomic E-state index is 14.1. The summed E-state index contributed by atoms with van der Waals surface area (Å²) in [6.07, 6.45) is -8.12. The van der Waals surface area contributed by atoms with Crippen LogP contribution in [0.5, 0.6) is 57.5 Å². The minimum atomic E-state index is -1.51. The van der Waals surface area contributed by atoms with Crippen LogP contribution in [0.25, 0.3) is 0 Å². The summed E-state index contributed by atoms with van der Waals surface area (Å²) < 4.78 is 89.8. The van der Waals surface area contributed by atoms with Crippen molar-refractivity contribution in [3.8, 4) is 57.5 Å². The van der Waals surface area contributed by atoms with Crippen LogP contribution in [0.1, 0.15) is 64.3 Å². The predicted molar refractivity (Wildman–Crippen MR) is 234 cm³/mol. The van der Waals surface area contributed by atoms with Gasteiger partial charge in [0, 0.05) is 29.2 Å². The van der Waals surface area contributed by atoms with Crippen LogP contribution >= 0.6 is 0 Å². The first-order valence-corrected chi connectivity index (χ1v) is 23.0. The van der Waals surface area contributed by atoms with Crippen LogP contribution < -0.4 is 42.6 Å². The molecule has 6 aliphatic heterocycles. The van der Waals surface area contributed by atoms with E-state index in [1.165, 1.54) is 28.4 Å². The van der Waals surface area contributed by atoms with Crippen molar-refractivity contribution in [3.63, 3.8) is 0 Å². The molecule has 20 nitrogen and oxygen atoms in total. The van der Waals surface area contributed by atoms with Crippen LogP contribution in [0.4, 0.5) is 0 Å². The molecular weight excluding hydrogens is 921 g/mol. The van der Waals surface area contributed by atoms with Gasteiger partial charge in [0.25, 0.3) is 0 Å². The number of esters is 2. The Morgan fingerprint density at radius 1 is 0.557 bits per heavy atom. The van der Waals surface area contributed by atoms with Gasteiger partial charge in [0.1, 0.15) is 30.5 Å². The fraction of sp³-hybridized carbons (Fsp3) is 0.480. The zero-order valence-electron chi connectivity index (χ0n) is 38.5. The standard InChI is InChI=1S/C50H50O20/c1-19-60-16-36-47(67-19)42(52)43(53)50(68-36)70-45-25-13-31-29(64-18-66-31)11-23(25)38(40-27(45)15-62-49(40)55)21-8-34(58-4)46(35(9-21)59-5)69-44-24-12-30-28(63-17-65-30)10-22(24)37(39-26(44)14-61-48(39)54)20-6-32(56-2)41(51)33(7-20)57-3/h6-13,19,26-27,36-40,42-45,47,50-53H,14-18H2,1-5H3/t19?,26-,27-,36?,37+,38+,39-,40-,42?,43?,44-,45+,47?,50?/m0/s1. The number of hydrogen-bond acceptors (Lipinski definition) is 20. The number of rotatable bonds is 10. The van der Waals surface area contributed by atoms with Crippen molar-refractivity contribution in [1.82, 2.24) is 0 Å². The third-order valence-corrected chi connectivity index (χ3v) is 15.0. The monoisotopic (exact) mass is 970 g/mol. The Kier molecular flexibility index (Phi) is 11.0. The molecule has 70 heavy (non-hydrogen) atoms. The Labute approximate surface area is 399 Å². The highest BCUT2D eigenvalue weighted by Crippen LogP contribution is 2.60. The summed E-state index contributed by atoms with van der Waals surface area (Å²) in [6, 6.07) is 14.2. The van der Waals surface area contributed by atoms with Crippen molar-refractivity contribution in [2.24, 2.45) is 23.7 Å². The van der Waals surface area contributed by atoms with Gasteiger partial charge in [-0.05, 0) is 83.3 Å². The number of carbonyl (C=O) groups is 2. The average Bonchev–Trinajstić information content (AvgIpc) is 4.20. The van der Waals surface area contributed by atoms with Crippen LogP contribution in [-0.2, 0) is 38.0 Å². The molecule has 0 spiro atoms. The molecule has 6 unspecified atom stereocenters. The lowest BCUT2D eigenvalue weighted by molar-refractivity contribution is -0.364. The Balaban J connectivity index is 0.943. The first-order valence-electron chi connectivity index (χ1n) is 23.0. The number of hydrogen-bond donors (Lipinski definition) is 3. The number of aliphatic hydroxyl groups is 2. The molecule has 0 radical (unpaired) electrons. The molecule has 12 rings (SSSR count). The van der Waals surface area contributed by atoms with Crippen molar-refractivity contribution >= 4 is 11.9 Å². The van der Waals surface area contributed by atoms with Crippen LogP contribution in [-0.4, -0.2) is 126 Å². The van der Waals surface area contributed by atoms with Crippen LogP contribution in [0, 0.1) is 23.7 Å². The lowest BCUT2D eigenvalue weighted by atomic mass is 9.66. The fourth-order valence-electron chi connectivity index (χ4n) is 11.7. The van der Waals surface area contributed by atoms with E-state index in [1.807, 2.05) is 18.2 Å². The smallest absolute Gasteiger partial charge is 0.310 e. The Morgan fingerprint density at radius 2 is 1.03 bits per heavy atom. The highest BCUT2D eigenvalue weighted by atomic mass is 16.8. The Bertz CT molecular complexity index is 2710. The first kappa shape index (κ1) is 44.8. The molecule has 14 atom stereocenters. The predicted octanol–water partition coefficient (Wildman–Crippen LogP) is 4.14. The quantitative estimate of drug-likeness (QED) is 0.190.